The Hall–Kier alpha value is -9.08. The fourth-order valence-electron chi connectivity index (χ4n) is 9.41. The van der Waals surface area contributed by atoms with Crippen LogP contribution in [0.15, 0.2) is 131 Å². The van der Waals surface area contributed by atoms with E-state index in [0.29, 0.717) is 5.56 Å². The van der Waals surface area contributed by atoms with Crippen LogP contribution < -0.4 is 20.1 Å². The molecule has 1 heterocycles. The second-order valence-corrected chi connectivity index (χ2v) is 26.5. The lowest BCUT2D eigenvalue weighted by molar-refractivity contribution is 0.0675. The summed E-state index contributed by atoms with van der Waals surface area (Å²) in [4.78, 5) is 47.7. The summed E-state index contributed by atoms with van der Waals surface area (Å²) in [5.41, 5.74) is -4.17. The van der Waals surface area contributed by atoms with Gasteiger partial charge in [-0.15, -0.1) is 0 Å². The Labute approximate surface area is 477 Å². The number of rotatable bonds is 17. The maximum atomic E-state index is 13.9. The van der Waals surface area contributed by atoms with E-state index in [1.807, 2.05) is 0 Å². The summed E-state index contributed by atoms with van der Waals surface area (Å²) in [6, 6.07) is 15.4. The molecular formula is C53H44N4O22S5. The number of benzene rings is 7. The fraction of sp³-hybridized carbons (Fsp3) is 0.113. The first-order valence-corrected chi connectivity index (χ1v) is 31.0. The summed E-state index contributed by atoms with van der Waals surface area (Å²) in [7, 11) is -25.7. The van der Waals surface area contributed by atoms with Gasteiger partial charge < -0.3 is 30.2 Å². The van der Waals surface area contributed by atoms with E-state index < -0.39 is 149 Å². The molecule has 84 heavy (non-hydrogen) atoms. The second kappa shape index (κ2) is 21.6. The lowest BCUT2D eigenvalue weighted by Gasteiger charge is -2.22. The molecule has 0 amide bonds. The van der Waals surface area contributed by atoms with Crippen molar-refractivity contribution in [2.45, 2.75) is 66.0 Å². The highest BCUT2D eigenvalue weighted by Crippen LogP contribution is 2.46. The second-order valence-electron chi connectivity index (χ2n) is 19.0. The molecule has 0 radical (unpaired) electrons. The predicted octanol–water partition coefficient (Wildman–Crippen LogP) is 8.17. The van der Waals surface area contributed by atoms with Crippen LogP contribution in [-0.2, 0) is 50.4 Å². The molecule has 0 spiro atoms. The first kappa shape index (κ1) is 61.0. The Morgan fingerprint density at radius 1 is 0.464 bits per heavy atom. The molecule has 1 aliphatic heterocycles. The normalized spacial score (nSPS) is 12.6. The first-order chi connectivity index (χ1) is 38.8. The van der Waals surface area contributed by atoms with E-state index in [1.54, 1.807) is 0 Å². The molecule has 0 saturated heterocycles. The van der Waals surface area contributed by atoms with Crippen LogP contribution in [0.4, 0.5) is 28.4 Å². The number of carboxylic acids is 4. The van der Waals surface area contributed by atoms with Crippen LogP contribution in [0, 0.1) is 41.5 Å². The summed E-state index contributed by atoms with van der Waals surface area (Å²) >= 11 is 0. The van der Waals surface area contributed by atoms with E-state index in [2.05, 4.69) is 19.8 Å². The van der Waals surface area contributed by atoms with Crippen molar-refractivity contribution in [3.63, 3.8) is 0 Å². The largest absolute Gasteiger partial charge is 0.478 e. The van der Waals surface area contributed by atoms with Crippen LogP contribution in [-0.4, -0.2) is 100 Å². The summed E-state index contributed by atoms with van der Waals surface area (Å²) in [6.45, 7) is 8.72. The van der Waals surface area contributed by atoms with Crippen molar-refractivity contribution < 1.29 is 99.8 Å². The van der Waals surface area contributed by atoms with Gasteiger partial charge in [-0.2, -0.15) is 25.3 Å². The van der Waals surface area contributed by atoms with Gasteiger partial charge in [0.1, 0.15) is 26.0 Å². The maximum absolute atomic E-state index is 13.9. The summed E-state index contributed by atoms with van der Waals surface area (Å²) < 4.78 is 179. The first-order valence-electron chi connectivity index (χ1n) is 23.7. The number of nitrogens with zero attached hydrogens (tertiary/aromatic N) is 1. The molecular weight excluding hydrogens is 1200 g/mol. The van der Waals surface area contributed by atoms with Gasteiger partial charge in [-0.1, -0.05) is 30.3 Å². The van der Waals surface area contributed by atoms with Gasteiger partial charge in [-0.3, -0.25) is 23.1 Å². The number of sulfonamides is 2. The zero-order chi connectivity index (χ0) is 62.2. The average Bonchev–Trinajstić information content (AvgIpc) is 1.13. The van der Waals surface area contributed by atoms with E-state index in [1.165, 1.54) is 65.8 Å². The van der Waals surface area contributed by atoms with E-state index in [4.69, 9.17) is 4.42 Å². The molecule has 0 saturated carbocycles. The van der Waals surface area contributed by atoms with Crippen molar-refractivity contribution in [3.05, 3.63) is 158 Å². The standard InChI is InChI=1S/C53H44N4O22S5/c1-23-11-25(3)48(56-80(66,67)33-15-29(50(58)59)13-30(16-33)51(60)61)27(5)46(23)54-38-21-40-36(19-43(38)83(73,74)75)45(35-9-7-8-10-42(35)82(70,71)72)37-20-44(84(76,77)78)39(22-41(37)79-40)55-47-24(2)12-26(4)49(28(47)6)57-81(68,69)34-17-31(52(62)63)14-32(18-34)53(64)65/h7-22,54,56-57H,1-6H3,(H,58,59)(H,60,61)(H,62,63)(H,64,65)(H,70,71,72)(H,73,74,75)(H,76,77,78). The minimum atomic E-state index is -5.44. The molecule has 10 N–H and O–H groups in total. The molecule has 8 rings (SSSR count). The van der Waals surface area contributed by atoms with Gasteiger partial charge in [0.05, 0.1) is 60.2 Å². The van der Waals surface area contributed by atoms with Gasteiger partial charge in [0.25, 0.3) is 50.4 Å². The maximum Gasteiger partial charge on any atom is 0.335 e. The summed E-state index contributed by atoms with van der Waals surface area (Å²) in [6.07, 6.45) is 0. The van der Waals surface area contributed by atoms with Crippen LogP contribution in [0.1, 0.15) is 74.8 Å². The van der Waals surface area contributed by atoms with Gasteiger partial charge in [-0.25, -0.2) is 41.0 Å². The number of anilines is 4. The number of hydrogen-bond donors (Lipinski definition) is 10. The van der Waals surface area contributed by atoms with Crippen LogP contribution in [0.2, 0.25) is 0 Å². The van der Waals surface area contributed by atoms with Crippen molar-refractivity contribution in [2.75, 3.05) is 14.8 Å². The highest BCUT2D eigenvalue weighted by Gasteiger charge is 2.31. The third-order valence-corrected chi connectivity index (χ3v) is 18.5. The van der Waals surface area contributed by atoms with E-state index in [9.17, 15) is 95.4 Å². The minimum Gasteiger partial charge on any atom is -0.478 e. The van der Waals surface area contributed by atoms with Crippen LogP contribution in [0.3, 0.4) is 0 Å². The van der Waals surface area contributed by atoms with Crippen molar-refractivity contribution in [2.24, 2.45) is 4.99 Å². The Bertz CT molecular complexity index is 4840. The van der Waals surface area contributed by atoms with Crippen molar-refractivity contribution in [1.29, 1.82) is 0 Å². The van der Waals surface area contributed by atoms with Gasteiger partial charge >= 0.3 is 23.9 Å². The van der Waals surface area contributed by atoms with E-state index in [-0.39, 0.29) is 67.1 Å². The van der Waals surface area contributed by atoms with Gasteiger partial charge in [-0.05, 0) is 130 Å². The van der Waals surface area contributed by atoms with Gasteiger partial charge in [0.15, 0.2) is 0 Å². The molecule has 6 aromatic carbocycles. The number of aryl methyl sites for hydroxylation is 4. The highest BCUT2D eigenvalue weighted by atomic mass is 32.2. The molecule has 2 aliphatic rings. The zero-order valence-electron chi connectivity index (χ0n) is 44.0. The molecule has 0 bridgehead atoms. The molecule has 26 nitrogen and oxygen atoms in total. The van der Waals surface area contributed by atoms with Crippen LogP contribution in [0.25, 0.3) is 33.4 Å². The Kier molecular flexibility index (Phi) is 15.7. The number of fused-ring (bicyclic) bond motifs is 2. The topological polar surface area (TPSA) is 442 Å². The van der Waals surface area contributed by atoms with Crippen molar-refractivity contribution in [1.82, 2.24) is 0 Å². The number of carbonyl (C=O) groups is 4. The van der Waals surface area contributed by atoms with E-state index >= 15 is 0 Å². The number of nitrogens with one attached hydrogen (secondary N) is 3. The monoisotopic (exact) mass is 1250 g/mol. The fourth-order valence-corrected chi connectivity index (χ4v) is 13.9. The van der Waals surface area contributed by atoms with E-state index in [0.717, 1.165) is 72.8 Å². The van der Waals surface area contributed by atoms with Crippen molar-refractivity contribution >= 4 is 114 Å². The SMILES string of the molecule is Cc1cc(C)c(NS(=O)(=O)c2cc(C(=O)O)cc(C(=O)O)c2)c(C)c1N=c1cc2oc3cc(Nc4c(C)cc(C)c(NS(=O)(=O)c5cc(C(=O)O)cc(C(=O)O)c5)c4C)c(S(=O)(=O)O)cc3c(-c3ccccc3S(=O)(=O)O)c-2cc1S(=O)(=O)O. The van der Waals surface area contributed by atoms with Crippen LogP contribution >= 0.6 is 0 Å². The molecule has 438 valence electrons. The lowest BCUT2D eigenvalue weighted by atomic mass is 9.93. The van der Waals surface area contributed by atoms with Crippen molar-refractivity contribution in [3.8, 4) is 22.5 Å². The molecule has 1 aliphatic carbocycles. The smallest absolute Gasteiger partial charge is 0.335 e. The quantitative estimate of drug-likeness (QED) is 0.0303. The molecule has 31 heteroatoms. The number of hydrogen-bond acceptors (Lipinski definition) is 17. The Balaban J connectivity index is 1.39. The van der Waals surface area contributed by atoms with Gasteiger partial charge in [0.2, 0.25) is 0 Å². The minimum absolute atomic E-state index is 0.00523. The molecule has 0 fully saturated rings. The average molecular weight is 1250 g/mol. The zero-order valence-corrected chi connectivity index (χ0v) is 48.1. The Morgan fingerprint density at radius 2 is 0.905 bits per heavy atom. The lowest BCUT2D eigenvalue weighted by Crippen LogP contribution is -2.18. The number of aromatic carboxylic acids is 4. The Morgan fingerprint density at radius 3 is 1.37 bits per heavy atom. The van der Waals surface area contributed by atoms with Crippen LogP contribution in [0.5, 0.6) is 0 Å². The molecule has 6 aromatic rings. The number of carboxylic acid groups (broad SMARTS) is 4. The summed E-state index contributed by atoms with van der Waals surface area (Å²) in [5.74, 6) is -6.95. The molecule has 0 unspecified atom stereocenters. The third kappa shape index (κ3) is 11.9. The summed E-state index contributed by atoms with van der Waals surface area (Å²) in [5, 5.41) is 40.3. The van der Waals surface area contributed by atoms with Gasteiger partial charge in [0, 0.05) is 39.9 Å². The predicted molar refractivity (Wildman–Crippen MR) is 300 cm³/mol. The molecule has 0 aromatic heterocycles. The third-order valence-electron chi connectivity index (χ3n) is 13.2. The molecule has 0 atom stereocenters. The highest BCUT2D eigenvalue weighted by molar-refractivity contribution is 7.93.